The molecule has 0 bridgehead atoms. The molecule has 0 atom stereocenters. The minimum atomic E-state index is -0.611. The summed E-state index contributed by atoms with van der Waals surface area (Å²) in [4.78, 5) is 36.0. The van der Waals surface area contributed by atoms with Crippen LogP contribution in [0.1, 0.15) is 30.9 Å². The number of fused-ring (bicyclic) bond motifs is 1. The van der Waals surface area contributed by atoms with Gasteiger partial charge in [-0.2, -0.15) is 0 Å². The molecule has 28 heavy (non-hydrogen) atoms. The molecular formula is C20H20N2O6. The van der Waals surface area contributed by atoms with Gasteiger partial charge in [-0.3, -0.25) is 24.6 Å². The molecule has 0 saturated carbocycles. The van der Waals surface area contributed by atoms with Gasteiger partial charge in [-0.1, -0.05) is 38.1 Å². The van der Waals surface area contributed by atoms with Crippen molar-refractivity contribution in [3.05, 3.63) is 63.7 Å². The van der Waals surface area contributed by atoms with Crippen molar-refractivity contribution >= 4 is 23.3 Å². The van der Waals surface area contributed by atoms with Crippen LogP contribution >= 0.6 is 0 Å². The number of anilines is 1. The Hall–Kier alpha value is -3.42. The van der Waals surface area contributed by atoms with Crippen LogP contribution in [0.15, 0.2) is 42.5 Å². The van der Waals surface area contributed by atoms with Gasteiger partial charge in [0.15, 0.2) is 6.61 Å². The minimum Gasteiger partial charge on any atom is -0.482 e. The van der Waals surface area contributed by atoms with Gasteiger partial charge in [-0.05, 0) is 23.1 Å². The number of esters is 1. The molecular weight excluding hydrogens is 364 g/mol. The number of nitro groups is 1. The highest BCUT2D eigenvalue weighted by atomic mass is 16.6. The smallest absolute Gasteiger partial charge is 0.326 e. The van der Waals surface area contributed by atoms with Crippen molar-refractivity contribution in [2.45, 2.75) is 26.4 Å². The van der Waals surface area contributed by atoms with E-state index >= 15 is 0 Å². The van der Waals surface area contributed by atoms with E-state index in [4.69, 9.17) is 9.47 Å². The quantitative estimate of drug-likeness (QED) is 0.431. The molecule has 2 aromatic carbocycles. The van der Waals surface area contributed by atoms with E-state index in [1.165, 1.54) is 23.8 Å². The van der Waals surface area contributed by atoms with Crippen LogP contribution in [-0.4, -0.2) is 30.0 Å². The number of carbonyl (C=O) groups is 2. The van der Waals surface area contributed by atoms with Crippen LogP contribution in [0.25, 0.3) is 0 Å². The highest BCUT2D eigenvalue weighted by molar-refractivity contribution is 6.01. The zero-order valence-electron chi connectivity index (χ0n) is 15.6. The van der Waals surface area contributed by atoms with Crippen molar-refractivity contribution in [2.24, 2.45) is 0 Å². The number of non-ortho nitro benzene ring substituents is 1. The lowest BCUT2D eigenvalue weighted by Gasteiger charge is -2.28. The summed E-state index contributed by atoms with van der Waals surface area (Å²) in [6, 6.07) is 11.6. The number of ether oxygens (including phenoxy) is 2. The fourth-order valence-electron chi connectivity index (χ4n) is 2.81. The highest BCUT2D eigenvalue weighted by Gasteiger charge is 2.29. The van der Waals surface area contributed by atoms with Crippen molar-refractivity contribution < 1.29 is 24.0 Å². The van der Waals surface area contributed by atoms with E-state index in [-0.39, 0.29) is 31.1 Å². The molecule has 0 N–H and O–H groups in total. The summed E-state index contributed by atoms with van der Waals surface area (Å²) in [5.41, 5.74) is 2.01. The summed E-state index contributed by atoms with van der Waals surface area (Å²) >= 11 is 0. The summed E-state index contributed by atoms with van der Waals surface area (Å²) in [6.07, 6.45) is 0. The second-order valence-electron chi connectivity index (χ2n) is 6.73. The average Bonchev–Trinajstić information content (AvgIpc) is 2.68. The Morgan fingerprint density at radius 2 is 1.96 bits per heavy atom. The number of carbonyl (C=O) groups excluding carboxylic acids is 2. The maximum atomic E-state index is 12.2. The SMILES string of the molecule is CC(C)c1ccc(COC(=O)CN2C(=O)COc3ccc([N+](=O)[O-])cc32)cc1. The van der Waals surface area contributed by atoms with E-state index < -0.39 is 16.8 Å². The highest BCUT2D eigenvalue weighted by Crippen LogP contribution is 2.35. The second kappa shape index (κ2) is 8.08. The molecule has 0 aromatic heterocycles. The van der Waals surface area contributed by atoms with Gasteiger partial charge in [0.2, 0.25) is 0 Å². The van der Waals surface area contributed by atoms with Gasteiger partial charge in [-0.15, -0.1) is 0 Å². The maximum absolute atomic E-state index is 12.2. The fourth-order valence-corrected chi connectivity index (χ4v) is 2.81. The summed E-state index contributed by atoms with van der Waals surface area (Å²) in [5.74, 6) is -0.359. The van der Waals surface area contributed by atoms with Gasteiger partial charge in [0, 0.05) is 12.1 Å². The van der Waals surface area contributed by atoms with Crippen LogP contribution < -0.4 is 9.64 Å². The van der Waals surface area contributed by atoms with Gasteiger partial charge in [0.25, 0.3) is 11.6 Å². The molecule has 0 spiro atoms. The Labute approximate surface area is 161 Å². The molecule has 0 radical (unpaired) electrons. The number of rotatable bonds is 6. The summed E-state index contributed by atoms with van der Waals surface area (Å²) in [5, 5.41) is 11.0. The third-order valence-corrected chi connectivity index (χ3v) is 4.43. The lowest BCUT2D eigenvalue weighted by Crippen LogP contribution is -2.42. The largest absolute Gasteiger partial charge is 0.482 e. The van der Waals surface area contributed by atoms with Gasteiger partial charge < -0.3 is 9.47 Å². The molecule has 1 aliphatic rings. The van der Waals surface area contributed by atoms with Crippen LogP contribution in [0.5, 0.6) is 5.75 Å². The third-order valence-electron chi connectivity index (χ3n) is 4.43. The minimum absolute atomic E-state index is 0.0809. The number of nitro benzene ring substituents is 1. The number of amides is 1. The first-order valence-corrected chi connectivity index (χ1v) is 8.81. The molecule has 1 aliphatic heterocycles. The normalized spacial score (nSPS) is 13.1. The van der Waals surface area contributed by atoms with Crippen molar-refractivity contribution in [3.63, 3.8) is 0 Å². The third kappa shape index (κ3) is 4.28. The molecule has 0 aliphatic carbocycles. The Balaban J connectivity index is 1.67. The molecule has 0 saturated heterocycles. The fraction of sp³-hybridized carbons (Fsp3) is 0.300. The zero-order chi connectivity index (χ0) is 20.3. The first kappa shape index (κ1) is 19.3. The molecule has 1 amide bonds. The van der Waals surface area contributed by atoms with Crippen LogP contribution in [0.4, 0.5) is 11.4 Å². The van der Waals surface area contributed by atoms with E-state index in [1.807, 2.05) is 24.3 Å². The van der Waals surface area contributed by atoms with Crippen LogP contribution in [0, 0.1) is 10.1 Å². The standard InChI is InChI=1S/C20H20N2O6/c1-13(2)15-5-3-14(4-6-15)11-28-20(24)10-21-17-9-16(22(25)26)7-8-18(17)27-12-19(21)23/h3-9,13H,10-12H2,1-2H3. The molecule has 8 heteroatoms. The summed E-state index contributed by atoms with van der Waals surface area (Å²) < 4.78 is 10.5. The Morgan fingerprint density at radius 3 is 2.61 bits per heavy atom. The monoisotopic (exact) mass is 384 g/mol. The van der Waals surface area contributed by atoms with Crippen LogP contribution in [0.3, 0.4) is 0 Å². The Kier molecular flexibility index (Phi) is 5.58. The van der Waals surface area contributed by atoms with Gasteiger partial charge in [-0.25, -0.2) is 0 Å². The average molecular weight is 384 g/mol. The molecule has 0 fully saturated rings. The second-order valence-corrected chi connectivity index (χ2v) is 6.73. The predicted molar refractivity (Wildman–Crippen MR) is 101 cm³/mol. The lowest BCUT2D eigenvalue weighted by molar-refractivity contribution is -0.384. The summed E-state index contributed by atoms with van der Waals surface area (Å²) in [7, 11) is 0. The first-order valence-electron chi connectivity index (χ1n) is 8.81. The van der Waals surface area contributed by atoms with Crippen LogP contribution in [0.2, 0.25) is 0 Å². The van der Waals surface area contributed by atoms with Gasteiger partial charge in [0.05, 0.1) is 10.6 Å². The lowest BCUT2D eigenvalue weighted by atomic mass is 10.0. The maximum Gasteiger partial charge on any atom is 0.326 e. The van der Waals surface area contributed by atoms with Crippen LogP contribution in [-0.2, 0) is 20.9 Å². The number of hydrogen-bond donors (Lipinski definition) is 0. The van der Waals surface area contributed by atoms with E-state index in [0.29, 0.717) is 11.7 Å². The van der Waals surface area contributed by atoms with E-state index in [0.717, 1.165) is 10.5 Å². The predicted octanol–water partition coefficient (Wildman–Crippen LogP) is 3.19. The topological polar surface area (TPSA) is 99.0 Å². The molecule has 0 unspecified atom stereocenters. The molecule has 8 nitrogen and oxygen atoms in total. The Morgan fingerprint density at radius 1 is 1.25 bits per heavy atom. The Bertz CT molecular complexity index is 907. The summed E-state index contributed by atoms with van der Waals surface area (Å²) in [6.45, 7) is 3.68. The molecule has 146 valence electrons. The molecule has 1 heterocycles. The molecule has 2 aromatic rings. The van der Waals surface area contributed by atoms with Crippen molar-refractivity contribution in [1.29, 1.82) is 0 Å². The van der Waals surface area contributed by atoms with E-state index in [1.54, 1.807) is 0 Å². The van der Waals surface area contributed by atoms with Crippen molar-refractivity contribution in [1.82, 2.24) is 0 Å². The van der Waals surface area contributed by atoms with Crippen molar-refractivity contribution in [3.8, 4) is 5.75 Å². The number of nitrogens with zero attached hydrogens (tertiary/aromatic N) is 2. The van der Waals surface area contributed by atoms with E-state index in [2.05, 4.69) is 13.8 Å². The molecule has 3 rings (SSSR count). The van der Waals surface area contributed by atoms with Crippen molar-refractivity contribution in [2.75, 3.05) is 18.1 Å². The first-order chi connectivity index (χ1) is 13.3. The number of benzene rings is 2. The zero-order valence-corrected chi connectivity index (χ0v) is 15.6. The van der Waals surface area contributed by atoms with Gasteiger partial charge in [0.1, 0.15) is 18.9 Å². The van der Waals surface area contributed by atoms with Gasteiger partial charge >= 0.3 is 5.97 Å². The van der Waals surface area contributed by atoms with E-state index in [9.17, 15) is 19.7 Å². The number of hydrogen-bond acceptors (Lipinski definition) is 6.